The van der Waals surface area contributed by atoms with E-state index in [1.807, 2.05) is 30.0 Å². The molecule has 148 valence electrons. The molecule has 3 heterocycles. The molecule has 9 heteroatoms. The van der Waals surface area contributed by atoms with Gasteiger partial charge in [0, 0.05) is 52.9 Å². The van der Waals surface area contributed by atoms with Crippen molar-refractivity contribution in [3.63, 3.8) is 0 Å². The maximum absolute atomic E-state index is 12.4. The smallest absolute Gasteiger partial charge is 0.226 e. The summed E-state index contributed by atoms with van der Waals surface area (Å²) in [4.78, 5) is 27.4. The third kappa shape index (κ3) is 5.86. The Morgan fingerprint density at radius 1 is 1.27 bits per heavy atom. The number of anilines is 2. The van der Waals surface area contributed by atoms with Crippen LogP contribution in [0.5, 0.6) is 0 Å². The number of carbonyl (C=O) groups is 1. The summed E-state index contributed by atoms with van der Waals surface area (Å²) in [6, 6.07) is 1.94. The van der Waals surface area contributed by atoms with E-state index in [-0.39, 0.29) is 24.8 Å². The van der Waals surface area contributed by atoms with Crippen LogP contribution in [0, 0.1) is 5.92 Å². The molecular weight excluding hydrogens is 375 g/mol. The fourth-order valence-corrected chi connectivity index (χ4v) is 3.36. The van der Waals surface area contributed by atoms with Crippen LogP contribution < -0.4 is 15.1 Å². The minimum Gasteiger partial charge on any atom is -0.353 e. The minimum atomic E-state index is 0. The molecule has 0 bridgehead atoms. The monoisotopic (exact) mass is 404 g/mol. The zero-order valence-corrected chi connectivity index (χ0v) is 17.2. The van der Waals surface area contributed by atoms with E-state index in [4.69, 9.17) is 0 Å². The molecule has 2 aliphatic heterocycles. The molecule has 1 amide bonds. The second kappa shape index (κ2) is 10.7. The number of hydrogen-bond acceptors (Lipinski definition) is 6. The van der Waals surface area contributed by atoms with Crippen molar-refractivity contribution in [2.24, 2.45) is 5.92 Å². The van der Waals surface area contributed by atoms with Crippen molar-refractivity contribution in [1.29, 1.82) is 0 Å². The number of nitrogens with one attached hydrogen (secondary N) is 1. The molecule has 0 spiro atoms. The van der Waals surface area contributed by atoms with Gasteiger partial charge in [0.1, 0.15) is 5.82 Å². The lowest BCUT2D eigenvalue weighted by molar-refractivity contribution is -0.131. The van der Waals surface area contributed by atoms with Crippen LogP contribution in [0.25, 0.3) is 0 Å². The highest BCUT2D eigenvalue weighted by atomic mass is 35.5. The van der Waals surface area contributed by atoms with E-state index < -0.39 is 0 Å². The normalized spacial score (nSPS) is 19.5. The predicted octanol–water partition coefficient (Wildman–Crippen LogP) is 1.42. The highest BCUT2D eigenvalue weighted by Crippen LogP contribution is 2.18. The fraction of sp³-hybridized carbons (Fsp3) is 0.706. The summed E-state index contributed by atoms with van der Waals surface area (Å²) >= 11 is 0. The molecule has 26 heavy (non-hydrogen) atoms. The Bertz CT molecular complexity index is 560. The Hall–Kier alpha value is -1.31. The first-order valence-corrected chi connectivity index (χ1v) is 8.87. The first-order chi connectivity index (χ1) is 11.6. The average Bonchev–Trinajstić information content (AvgIpc) is 3.13. The van der Waals surface area contributed by atoms with E-state index in [2.05, 4.69) is 20.2 Å². The number of carbonyl (C=O) groups excluding carboxylic acids is 1. The van der Waals surface area contributed by atoms with Crippen molar-refractivity contribution in [3.05, 3.63) is 12.3 Å². The van der Waals surface area contributed by atoms with Gasteiger partial charge in [-0.15, -0.1) is 24.8 Å². The Kier molecular flexibility index (Phi) is 9.39. The molecule has 2 aliphatic rings. The Morgan fingerprint density at radius 2 is 2.00 bits per heavy atom. The lowest BCUT2D eigenvalue weighted by atomic mass is 10.0. The van der Waals surface area contributed by atoms with Crippen LogP contribution in [0.15, 0.2) is 12.3 Å². The summed E-state index contributed by atoms with van der Waals surface area (Å²) in [5, 5.41) is 3.36. The van der Waals surface area contributed by atoms with Gasteiger partial charge in [-0.2, -0.15) is 4.98 Å². The molecule has 0 aliphatic carbocycles. The maximum atomic E-state index is 12.4. The van der Waals surface area contributed by atoms with Crippen LogP contribution in [0.2, 0.25) is 0 Å². The standard InChI is InChI=1S/C17H28N6O.2ClH/c1-21(2)17-19-8-6-15(20-17)22-9-11-23(12-10-22)16(24)4-3-14-5-7-18-13-14;;/h6,8,14,18H,3-5,7,9-13H2,1-2H3;2*1H. The van der Waals surface area contributed by atoms with Crippen LogP contribution in [0.3, 0.4) is 0 Å². The molecule has 0 saturated carbocycles. The van der Waals surface area contributed by atoms with E-state index in [1.165, 1.54) is 6.42 Å². The Balaban J connectivity index is 0.00000169. The van der Waals surface area contributed by atoms with Gasteiger partial charge in [-0.05, 0) is 37.9 Å². The van der Waals surface area contributed by atoms with Gasteiger partial charge >= 0.3 is 0 Å². The van der Waals surface area contributed by atoms with Crippen molar-refractivity contribution in [3.8, 4) is 0 Å². The van der Waals surface area contributed by atoms with Gasteiger partial charge in [0.25, 0.3) is 0 Å². The highest BCUT2D eigenvalue weighted by molar-refractivity contribution is 5.85. The van der Waals surface area contributed by atoms with E-state index >= 15 is 0 Å². The molecule has 3 rings (SSSR count). The molecule has 2 saturated heterocycles. The summed E-state index contributed by atoms with van der Waals surface area (Å²) in [7, 11) is 3.88. The van der Waals surface area contributed by atoms with E-state index in [9.17, 15) is 4.79 Å². The lowest BCUT2D eigenvalue weighted by Gasteiger charge is -2.35. The number of nitrogens with zero attached hydrogens (tertiary/aromatic N) is 5. The third-order valence-corrected chi connectivity index (χ3v) is 4.91. The Labute approximate surface area is 168 Å². The number of piperazine rings is 1. The van der Waals surface area contributed by atoms with Gasteiger partial charge in [0.15, 0.2) is 0 Å². The summed E-state index contributed by atoms with van der Waals surface area (Å²) in [6.45, 7) is 5.40. The van der Waals surface area contributed by atoms with Gasteiger partial charge in [-0.25, -0.2) is 4.98 Å². The second-order valence-electron chi connectivity index (χ2n) is 6.87. The molecule has 2 fully saturated rings. The number of amides is 1. The summed E-state index contributed by atoms with van der Waals surface area (Å²) in [5.41, 5.74) is 0. The van der Waals surface area contributed by atoms with Crippen molar-refractivity contribution in [2.45, 2.75) is 19.3 Å². The largest absolute Gasteiger partial charge is 0.353 e. The van der Waals surface area contributed by atoms with Crippen LogP contribution in [-0.2, 0) is 4.79 Å². The first-order valence-electron chi connectivity index (χ1n) is 8.87. The van der Waals surface area contributed by atoms with Crippen LogP contribution in [0.4, 0.5) is 11.8 Å². The van der Waals surface area contributed by atoms with E-state index in [0.29, 0.717) is 18.2 Å². The second-order valence-corrected chi connectivity index (χ2v) is 6.87. The number of rotatable bonds is 5. The van der Waals surface area contributed by atoms with Crippen molar-refractivity contribution in [2.75, 3.05) is 63.2 Å². The number of aromatic nitrogens is 2. The molecule has 1 N–H and O–H groups in total. The van der Waals surface area contributed by atoms with Crippen molar-refractivity contribution >= 4 is 42.5 Å². The molecule has 0 radical (unpaired) electrons. The van der Waals surface area contributed by atoms with Gasteiger partial charge in [-0.1, -0.05) is 0 Å². The van der Waals surface area contributed by atoms with Gasteiger partial charge in [0.05, 0.1) is 0 Å². The molecule has 0 aromatic carbocycles. The summed E-state index contributed by atoms with van der Waals surface area (Å²) < 4.78 is 0. The number of hydrogen-bond donors (Lipinski definition) is 1. The highest BCUT2D eigenvalue weighted by Gasteiger charge is 2.23. The van der Waals surface area contributed by atoms with Gasteiger partial charge in [-0.3, -0.25) is 4.79 Å². The van der Waals surface area contributed by atoms with E-state index in [0.717, 1.165) is 57.5 Å². The first kappa shape index (κ1) is 22.7. The topological polar surface area (TPSA) is 64.6 Å². The SMILES string of the molecule is CN(C)c1nccc(N2CCN(C(=O)CCC3CCNC3)CC2)n1.Cl.Cl. The average molecular weight is 405 g/mol. The minimum absolute atomic E-state index is 0. The quantitative estimate of drug-likeness (QED) is 0.800. The zero-order valence-electron chi connectivity index (χ0n) is 15.6. The molecule has 1 aromatic rings. The Morgan fingerprint density at radius 3 is 2.62 bits per heavy atom. The van der Waals surface area contributed by atoms with Gasteiger partial charge < -0.3 is 20.0 Å². The summed E-state index contributed by atoms with van der Waals surface area (Å²) in [6.07, 6.45) is 4.71. The summed E-state index contributed by atoms with van der Waals surface area (Å²) in [5.74, 6) is 2.65. The van der Waals surface area contributed by atoms with Crippen molar-refractivity contribution < 1.29 is 4.79 Å². The maximum Gasteiger partial charge on any atom is 0.226 e. The molecule has 1 atom stereocenters. The van der Waals surface area contributed by atoms with Crippen LogP contribution in [-0.4, -0.2) is 74.1 Å². The van der Waals surface area contributed by atoms with Gasteiger partial charge in [0.2, 0.25) is 11.9 Å². The fourth-order valence-electron chi connectivity index (χ4n) is 3.36. The lowest BCUT2D eigenvalue weighted by Crippen LogP contribution is -2.49. The third-order valence-electron chi connectivity index (χ3n) is 4.91. The molecular formula is C17H30Cl2N6O. The van der Waals surface area contributed by atoms with Crippen LogP contribution >= 0.6 is 24.8 Å². The number of halogens is 2. The molecule has 7 nitrogen and oxygen atoms in total. The predicted molar refractivity (Wildman–Crippen MR) is 110 cm³/mol. The molecule has 1 aromatic heterocycles. The van der Waals surface area contributed by atoms with Crippen molar-refractivity contribution in [1.82, 2.24) is 20.2 Å². The zero-order chi connectivity index (χ0) is 16.9. The molecule has 1 unspecified atom stereocenters. The van der Waals surface area contributed by atoms with Crippen LogP contribution in [0.1, 0.15) is 19.3 Å². The van der Waals surface area contributed by atoms with E-state index in [1.54, 1.807) is 6.20 Å².